The number of pyridine rings is 2. The summed E-state index contributed by atoms with van der Waals surface area (Å²) in [4.78, 5) is 24.9. The lowest BCUT2D eigenvalue weighted by atomic mass is 9.93. The number of aromatic nitrogens is 2. The molecule has 8 nitrogen and oxygen atoms in total. The molecule has 1 aliphatic rings. The number of carbonyl (C=O) groups excluding carboxylic acids is 1. The van der Waals surface area contributed by atoms with Crippen molar-refractivity contribution in [1.29, 1.82) is 0 Å². The first-order valence-corrected chi connectivity index (χ1v) is 8.72. The molecule has 136 valence electrons. The number of amides is 1. The Morgan fingerprint density at radius 1 is 1.38 bits per heavy atom. The highest BCUT2D eigenvalue weighted by Crippen LogP contribution is 2.35. The summed E-state index contributed by atoms with van der Waals surface area (Å²) < 4.78 is 5.81. The van der Waals surface area contributed by atoms with Gasteiger partial charge >= 0.3 is 0 Å². The molecule has 2 aromatic rings. The highest BCUT2D eigenvalue weighted by Gasteiger charge is 2.24. The van der Waals surface area contributed by atoms with Gasteiger partial charge in [0.05, 0.1) is 17.5 Å². The van der Waals surface area contributed by atoms with Crippen LogP contribution in [0.5, 0.6) is 5.88 Å². The summed E-state index contributed by atoms with van der Waals surface area (Å²) in [6, 6.07) is 1.71. The third-order valence-electron chi connectivity index (χ3n) is 4.43. The van der Waals surface area contributed by atoms with E-state index in [0.29, 0.717) is 36.0 Å². The van der Waals surface area contributed by atoms with Crippen LogP contribution >= 0.6 is 11.6 Å². The van der Waals surface area contributed by atoms with E-state index in [-0.39, 0.29) is 5.91 Å². The molecule has 0 bridgehead atoms. The lowest BCUT2D eigenvalue weighted by Gasteiger charge is -2.21. The third kappa shape index (κ3) is 3.66. The lowest BCUT2D eigenvalue weighted by molar-refractivity contribution is -0.128. The van der Waals surface area contributed by atoms with Gasteiger partial charge in [-0.1, -0.05) is 30.6 Å². The fourth-order valence-electron chi connectivity index (χ4n) is 3.05. The maximum Gasteiger partial charge on any atom is 0.222 e. The molecule has 1 amide bonds. The van der Waals surface area contributed by atoms with Crippen molar-refractivity contribution in [1.82, 2.24) is 14.9 Å². The Morgan fingerprint density at radius 2 is 2.19 bits per heavy atom. The smallest absolute Gasteiger partial charge is 0.222 e. The molecular formula is C17H19ClN6O2. The van der Waals surface area contributed by atoms with Crippen LogP contribution in [0.2, 0.25) is 5.15 Å². The van der Waals surface area contributed by atoms with Crippen molar-refractivity contribution in [3.05, 3.63) is 39.6 Å². The number of azide groups is 1. The first-order chi connectivity index (χ1) is 12.4. The highest BCUT2D eigenvalue weighted by atomic mass is 35.5. The van der Waals surface area contributed by atoms with Gasteiger partial charge in [-0.3, -0.25) is 4.79 Å². The maximum atomic E-state index is 11.7. The quantitative estimate of drug-likeness (QED) is 0.331. The molecule has 3 heterocycles. The number of hydrogen-bond acceptors (Lipinski definition) is 5. The summed E-state index contributed by atoms with van der Waals surface area (Å²) in [5, 5.41) is 5.63. The molecule has 0 atom stereocenters. The molecule has 1 aliphatic heterocycles. The van der Waals surface area contributed by atoms with Gasteiger partial charge in [0.2, 0.25) is 11.8 Å². The van der Waals surface area contributed by atoms with E-state index >= 15 is 0 Å². The SMILES string of the molecule is CC(C)(N=[N+]=[N-])c1cnc(OCCN2CCCC2=O)c2cnc(Cl)cc12. The number of rotatable bonds is 6. The summed E-state index contributed by atoms with van der Waals surface area (Å²) in [7, 11) is 0. The molecule has 0 radical (unpaired) electrons. The van der Waals surface area contributed by atoms with Crippen LogP contribution in [0, 0.1) is 0 Å². The van der Waals surface area contributed by atoms with Gasteiger partial charge in [-0.25, -0.2) is 9.97 Å². The number of hydrogen-bond donors (Lipinski definition) is 0. The van der Waals surface area contributed by atoms with E-state index in [1.165, 1.54) is 0 Å². The summed E-state index contributed by atoms with van der Waals surface area (Å²) >= 11 is 6.06. The number of ether oxygens (including phenoxy) is 1. The van der Waals surface area contributed by atoms with Crippen LogP contribution in [-0.2, 0) is 10.3 Å². The van der Waals surface area contributed by atoms with E-state index < -0.39 is 5.54 Å². The zero-order valence-corrected chi connectivity index (χ0v) is 15.4. The number of fused-ring (bicyclic) bond motifs is 1. The van der Waals surface area contributed by atoms with Crippen LogP contribution in [0.4, 0.5) is 0 Å². The van der Waals surface area contributed by atoms with Crippen LogP contribution in [0.1, 0.15) is 32.3 Å². The van der Waals surface area contributed by atoms with Crippen LogP contribution in [0.3, 0.4) is 0 Å². The zero-order valence-electron chi connectivity index (χ0n) is 14.6. The van der Waals surface area contributed by atoms with Crippen molar-refractivity contribution in [2.75, 3.05) is 19.7 Å². The standard InChI is InChI=1S/C17H19ClN6O2/c1-17(2,22-23-19)13-10-21-16(12-9-20-14(18)8-11(12)13)26-7-6-24-5-3-4-15(24)25/h8-10H,3-7H2,1-2H3. The van der Waals surface area contributed by atoms with Gasteiger partial charge < -0.3 is 9.64 Å². The monoisotopic (exact) mass is 374 g/mol. The van der Waals surface area contributed by atoms with E-state index in [1.807, 2.05) is 0 Å². The fourth-order valence-corrected chi connectivity index (χ4v) is 3.20. The van der Waals surface area contributed by atoms with Crippen molar-refractivity contribution in [2.45, 2.75) is 32.2 Å². The number of carbonyl (C=O) groups is 1. The molecule has 0 aromatic carbocycles. The van der Waals surface area contributed by atoms with Crippen LogP contribution in [0.25, 0.3) is 21.2 Å². The molecule has 26 heavy (non-hydrogen) atoms. The van der Waals surface area contributed by atoms with Gasteiger partial charge in [0.15, 0.2) is 0 Å². The minimum Gasteiger partial charge on any atom is -0.475 e. The third-order valence-corrected chi connectivity index (χ3v) is 4.63. The predicted octanol–water partition coefficient (Wildman–Crippen LogP) is 3.83. The van der Waals surface area contributed by atoms with Gasteiger partial charge in [0, 0.05) is 30.3 Å². The average molecular weight is 375 g/mol. The molecule has 0 saturated carbocycles. The summed E-state index contributed by atoms with van der Waals surface area (Å²) in [6.45, 7) is 5.24. The summed E-state index contributed by atoms with van der Waals surface area (Å²) in [5.74, 6) is 0.572. The highest BCUT2D eigenvalue weighted by molar-refractivity contribution is 6.30. The topological polar surface area (TPSA) is 104 Å². The fraction of sp³-hybridized carbons (Fsp3) is 0.471. The number of nitrogens with zero attached hydrogens (tertiary/aromatic N) is 6. The van der Waals surface area contributed by atoms with Gasteiger partial charge in [0.25, 0.3) is 0 Å². The second-order valence-electron chi connectivity index (χ2n) is 6.61. The molecule has 1 fully saturated rings. The van der Waals surface area contributed by atoms with Crippen molar-refractivity contribution in [3.63, 3.8) is 0 Å². The van der Waals surface area contributed by atoms with E-state index in [9.17, 15) is 4.79 Å². The zero-order chi connectivity index (χ0) is 18.7. The molecule has 9 heteroatoms. The Morgan fingerprint density at radius 3 is 2.88 bits per heavy atom. The molecule has 0 N–H and O–H groups in total. The van der Waals surface area contributed by atoms with Gasteiger partial charge in [-0.15, -0.1) is 0 Å². The maximum absolute atomic E-state index is 11.7. The normalized spacial score (nSPS) is 14.6. The molecule has 3 rings (SSSR count). The van der Waals surface area contributed by atoms with Crippen LogP contribution < -0.4 is 4.74 Å². The summed E-state index contributed by atoms with van der Waals surface area (Å²) in [5.41, 5.74) is 8.76. The lowest BCUT2D eigenvalue weighted by Crippen LogP contribution is -2.29. The second-order valence-corrected chi connectivity index (χ2v) is 7.00. The summed E-state index contributed by atoms with van der Waals surface area (Å²) in [6.07, 6.45) is 4.72. The van der Waals surface area contributed by atoms with Gasteiger partial charge in [-0.2, -0.15) is 0 Å². The first kappa shape index (κ1) is 18.2. The molecule has 2 aromatic heterocycles. The largest absolute Gasteiger partial charge is 0.475 e. The van der Waals surface area contributed by atoms with Gasteiger partial charge in [-0.05, 0) is 29.0 Å². The minimum atomic E-state index is -0.800. The molecule has 0 unspecified atom stereocenters. The van der Waals surface area contributed by atoms with E-state index in [4.69, 9.17) is 21.9 Å². The van der Waals surface area contributed by atoms with E-state index in [0.717, 1.165) is 23.9 Å². The second kappa shape index (κ2) is 7.35. The number of likely N-dealkylation sites (tertiary alicyclic amines) is 1. The molecule has 1 saturated heterocycles. The molecular weight excluding hydrogens is 356 g/mol. The van der Waals surface area contributed by atoms with Crippen LogP contribution in [-0.4, -0.2) is 40.5 Å². The predicted molar refractivity (Wildman–Crippen MR) is 98.0 cm³/mol. The number of halogens is 1. The van der Waals surface area contributed by atoms with Crippen molar-refractivity contribution >= 4 is 28.3 Å². The van der Waals surface area contributed by atoms with Crippen molar-refractivity contribution in [3.8, 4) is 5.88 Å². The Hall–Kier alpha value is -2.57. The van der Waals surface area contributed by atoms with Gasteiger partial charge in [0.1, 0.15) is 11.8 Å². The van der Waals surface area contributed by atoms with Crippen molar-refractivity contribution < 1.29 is 9.53 Å². The molecule has 0 spiro atoms. The molecule has 0 aliphatic carbocycles. The Bertz CT molecular complexity index is 894. The first-order valence-electron chi connectivity index (χ1n) is 8.34. The Kier molecular flexibility index (Phi) is 5.15. The van der Waals surface area contributed by atoms with Crippen LogP contribution in [0.15, 0.2) is 23.6 Å². The van der Waals surface area contributed by atoms with Crippen molar-refractivity contribution in [2.24, 2.45) is 5.11 Å². The Labute approximate surface area is 155 Å². The average Bonchev–Trinajstić information content (AvgIpc) is 2.99. The van der Waals surface area contributed by atoms with E-state index in [1.54, 1.807) is 37.2 Å². The Balaban J connectivity index is 1.90. The van der Waals surface area contributed by atoms with E-state index in [2.05, 4.69) is 20.0 Å². The minimum absolute atomic E-state index is 0.159.